The Morgan fingerprint density at radius 3 is 2.68 bits per heavy atom. The number of rotatable bonds is 12. The molecule has 0 saturated carbocycles. The second-order valence-electron chi connectivity index (χ2n) is 9.86. The number of carbonyl (C=O) groups is 2. The number of aliphatic hydroxyl groups is 1. The Morgan fingerprint density at radius 2 is 1.97 bits per heavy atom. The summed E-state index contributed by atoms with van der Waals surface area (Å²) in [6.07, 6.45) is 7.17. The molecular weight excluding hydrogens is 504 g/mol. The second-order valence-corrected chi connectivity index (χ2v) is 10.3. The Balaban J connectivity index is 1.80. The molecule has 0 aromatic heterocycles. The number of nitrogens with zero attached hydrogens (tertiary/aromatic N) is 2. The van der Waals surface area contributed by atoms with E-state index in [9.17, 15) is 19.8 Å². The molecule has 206 valence electrons. The summed E-state index contributed by atoms with van der Waals surface area (Å²) in [6, 6.07) is 11.2. The molecular formula is C30H39ClN2O5. The lowest BCUT2D eigenvalue weighted by molar-refractivity contribution is -0.147. The number of allylic oxidation sites excluding steroid dienone is 1. The van der Waals surface area contributed by atoms with E-state index in [0.717, 1.165) is 49.4 Å². The summed E-state index contributed by atoms with van der Waals surface area (Å²) in [6.45, 7) is 6.35. The van der Waals surface area contributed by atoms with Crippen molar-refractivity contribution < 1.29 is 24.5 Å². The SMILES string of the molecule is CCCc1cc(Cl)ccc1C1COc2ccc(C(O)C(=O)O)cc2N(CCC/C=C/CCN(C)C(C)=O)C1. The lowest BCUT2D eigenvalue weighted by atomic mass is 9.92. The number of hydrogen-bond donors (Lipinski definition) is 2. The summed E-state index contributed by atoms with van der Waals surface area (Å²) < 4.78 is 6.26. The van der Waals surface area contributed by atoms with Crippen molar-refractivity contribution in [2.75, 3.05) is 38.2 Å². The third-order valence-corrected chi connectivity index (χ3v) is 7.19. The van der Waals surface area contributed by atoms with Gasteiger partial charge in [-0.15, -0.1) is 0 Å². The summed E-state index contributed by atoms with van der Waals surface area (Å²) in [5.41, 5.74) is 3.56. The molecule has 7 nitrogen and oxygen atoms in total. The fraction of sp³-hybridized carbons (Fsp3) is 0.467. The largest absolute Gasteiger partial charge is 0.491 e. The molecule has 0 fully saturated rings. The number of aliphatic carboxylic acids is 1. The minimum Gasteiger partial charge on any atom is -0.491 e. The summed E-state index contributed by atoms with van der Waals surface area (Å²) in [4.78, 5) is 26.7. The highest BCUT2D eigenvalue weighted by Crippen LogP contribution is 2.38. The molecule has 0 saturated heterocycles. The summed E-state index contributed by atoms with van der Waals surface area (Å²) in [5.74, 6) is -0.436. The van der Waals surface area contributed by atoms with Gasteiger partial charge in [0.2, 0.25) is 5.91 Å². The van der Waals surface area contributed by atoms with Gasteiger partial charge in [0.05, 0.1) is 12.3 Å². The van der Waals surface area contributed by atoms with Gasteiger partial charge in [0.25, 0.3) is 0 Å². The van der Waals surface area contributed by atoms with Crippen LogP contribution in [0.2, 0.25) is 5.02 Å². The number of anilines is 1. The zero-order chi connectivity index (χ0) is 27.7. The molecule has 2 N–H and O–H groups in total. The van der Waals surface area contributed by atoms with Gasteiger partial charge >= 0.3 is 5.97 Å². The van der Waals surface area contributed by atoms with Crippen LogP contribution < -0.4 is 9.64 Å². The van der Waals surface area contributed by atoms with Crippen molar-refractivity contribution in [1.29, 1.82) is 0 Å². The highest BCUT2D eigenvalue weighted by Gasteiger charge is 2.27. The van der Waals surface area contributed by atoms with E-state index in [1.54, 1.807) is 37.1 Å². The fourth-order valence-electron chi connectivity index (χ4n) is 4.74. The minimum atomic E-state index is -1.59. The molecule has 1 aliphatic heterocycles. The fourth-order valence-corrected chi connectivity index (χ4v) is 4.94. The zero-order valence-electron chi connectivity index (χ0n) is 22.5. The average Bonchev–Trinajstić information content (AvgIpc) is 3.06. The van der Waals surface area contributed by atoms with E-state index in [0.29, 0.717) is 31.0 Å². The number of carboxylic acids is 1. The van der Waals surface area contributed by atoms with Gasteiger partial charge in [0.15, 0.2) is 6.10 Å². The lowest BCUT2D eigenvalue weighted by Gasteiger charge is -2.28. The number of carbonyl (C=O) groups excluding carboxylic acids is 1. The van der Waals surface area contributed by atoms with Gasteiger partial charge in [-0.25, -0.2) is 4.79 Å². The van der Waals surface area contributed by atoms with Crippen molar-refractivity contribution >= 4 is 29.2 Å². The monoisotopic (exact) mass is 542 g/mol. The Bertz CT molecular complexity index is 1140. The van der Waals surface area contributed by atoms with Crippen molar-refractivity contribution in [2.45, 2.75) is 58.0 Å². The standard InChI is InChI=1S/C30H39ClN2O5/c1-4-10-22-17-25(31)12-13-26(22)24-19-33(16-9-7-5-6-8-15-32(3)21(2)34)27-18-23(29(35)30(36)37)11-14-28(27)38-20-24/h5-6,11-14,17-18,24,29,35H,4,7-10,15-16,19-20H2,1-3H3,(H,36,37)/b6-5+. The number of amides is 1. The van der Waals surface area contributed by atoms with E-state index in [1.807, 2.05) is 12.1 Å². The number of hydrogen-bond acceptors (Lipinski definition) is 5. The Labute approximate surface area is 230 Å². The number of carboxylic acid groups (broad SMARTS) is 1. The number of aliphatic hydroxyl groups excluding tert-OH is 1. The van der Waals surface area contributed by atoms with E-state index in [-0.39, 0.29) is 11.8 Å². The van der Waals surface area contributed by atoms with Crippen LogP contribution in [0.4, 0.5) is 5.69 Å². The normalized spacial score (nSPS) is 16.0. The molecule has 0 bridgehead atoms. The van der Waals surface area contributed by atoms with E-state index >= 15 is 0 Å². The van der Waals surface area contributed by atoms with Gasteiger partial charge in [0.1, 0.15) is 5.75 Å². The van der Waals surface area contributed by atoms with Gasteiger partial charge in [-0.1, -0.05) is 49.2 Å². The number of aryl methyl sites for hydroxylation is 1. The maximum absolute atomic E-state index is 11.4. The van der Waals surface area contributed by atoms with Crippen molar-refractivity contribution in [3.63, 3.8) is 0 Å². The second kappa shape index (κ2) is 14.2. The van der Waals surface area contributed by atoms with Crippen LogP contribution >= 0.6 is 11.6 Å². The minimum absolute atomic E-state index is 0.0603. The first-order valence-corrected chi connectivity index (χ1v) is 13.7. The molecule has 2 unspecified atom stereocenters. The van der Waals surface area contributed by atoms with Crippen molar-refractivity contribution in [3.8, 4) is 5.75 Å². The quantitative estimate of drug-likeness (QED) is 0.268. The van der Waals surface area contributed by atoms with Gasteiger partial charge < -0.3 is 24.7 Å². The summed E-state index contributed by atoms with van der Waals surface area (Å²) >= 11 is 6.31. The predicted octanol–water partition coefficient (Wildman–Crippen LogP) is 5.60. The third kappa shape index (κ3) is 7.98. The number of fused-ring (bicyclic) bond motifs is 1. The summed E-state index contributed by atoms with van der Waals surface area (Å²) in [5, 5.41) is 20.2. The van der Waals surface area contributed by atoms with Crippen LogP contribution in [0.3, 0.4) is 0 Å². The van der Waals surface area contributed by atoms with Gasteiger partial charge in [-0.2, -0.15) is 0 Å². The Hall–Kier alpha value is -3.03. The number of benzene rings is 2. The summed E-state index contributed by atoms with van der Waals surface area (Å²) in [7, 11) is 1.80. The van der Waals surface area contributed by atoms with Crippen LogP contribution in [-0.4, -0.2) is 60.3 Å². The molecule has 3 rings (SSSR count). The highest BCUT2D eigenvalue weighted by atomic mass is 35.5. The van der Waals surface area contributed by atoms with Crippen molar-refractivity contribution in [1.82, 2.24) is 4.90 Å². The predicted molar refractivity (Wildman–Crippen MR) is 151 cm³/mol. The first kappa shape index (κ1) is 29.5. The van der Waals surface area contributed by atoms with Crippen LogP contribution in [0.1, 0.15) is 68.2 Å². The molecule has 0 aliphatic carbocycles. The first-order valence-electron chi connectivity index (χ1n) is 13.3. The number of ether oxygens (including phenoxy) is 1. The van der Waals surface area contributed by atoms with Gasteiger partial charge in [0, 0.05) is 44.5 Å². The van der Waals surface area contributed by atoms with Gasteiger partial charge in [-0.05, 0) is 66.6 Å². The molecule has 1 heterocycles. The van der Waals surface area contributed by atoms with Crippen LogP contribution in [0.15, 0.2) is 48.6 Å². The maximum atomic E-state index is 11.4. The maximum Gasteiger partial charge on any atom is 0.337 e. The Kier molecular flexibility index (Phi) is 11.0. The van der Waals surface area contributed by atoms with Crippen molar-refractivity contribution in [3.05, 3.63) is 70.3 Å². The van der Waals surface area contributed by atoms with E-state index in [4.69, 9.17) is 16.3 Å². The molecule has 38 heavy (non-hydrogen) atoms. The number of unbranched alkanes of at least 4 members (excludes halogenated alkanes) is 1. The van der Waals surface area contributed by atoms with E-state index in [1.165, 1.54) is 11.1 Å². The molecule has 2 atom stereocenters. The highest BCUT2D eigenvalue weighted by molar-refractivity contribution is 6.30. The molecule has 0 radical (unpaired) electrons. The third-order valence-electron chi connectivity index (χ3n) is 6.95. The first-order chi connectivity index (χ1) is 18.2. The van der Waals surface area contributed by atoms with Crippen LogP contribution in [-0.2, 0) is 16.0 Å². The van der Waals surface area contributed by atoms with Gasteiger partial charge in [-0.3, -0.25) is 4.79 Å². The molecule has 8 heteroatoms. The average molecular weight is 543 g/mol. The zero-order valence-corrected chi connectivity index (χ0v) is 23.3. The molecule has 1 amide bonds. The molecule has 0 spiro atoms. The van der Waals surface area contributed by atoms with Crippen LogP contribution in [0.25, 0.3) is 0 Å². The lowest BCUT2D eigenvalue weighted by Crippen LogP contribution is -2.30. The van der Waals surface area contributed by atoms with E-state index < -0.39 is 12.1 Å². The number of halogens is 1. The van der Waals surface area contributed by atoms with Crippen molar-refractivity contribution in [2.24, 2.45) is 0 Å². The van der Waals surface area contributed by atoms with E-state index in [2.05, 4.69) is 30.0 Å². The Morgan fingerprint density at radius 1 is 1.21 bits per heavy atom. The molecule has 1 aliphatic rings. The molecule has 2 aromatic carbocycles. The smallest absolute Gasteiger partial charge is 0.337 e. The van der Waals surface area contributed by atoms with Crippen LogP contribution in [0, 0.1) is 0 Å². The molecule has 2 aromatic rings. The van der Waals surface area contributed by atoms with Crippen LogP contribution in [0.5, 0.6) is 5.75 Å². The topological polar surface area (TPSA) is 90.3 Å².